The normalized spacial score (nSPS) is 18.8. The van der Waals surface area contributed by atoms with Gasteiger partial charge >= 0.3 is 12.1 Å². The Morgan fingerprint density at radius 1 is 1.17 bits per heavy atom. The monoisotopic (exact) mass is 422 g/mol. The quantitative estimate of drug-likeness (QED) is 0.583. The van der Waals surface area contributed by atoms with Crippen LogP contribution in [0.3, 0.4) is 0 Å². The lowest BCUT2D eigenvalue weighted by atomic mass is 10.2. The van der Waals surface area contributed by atoms with Crippen molar-refractivity contribution in [1.29, 1.82) is 0 Å². The second-order valence-electron chi connectivity index (χ2n) is 8.02. The molecule has 9 heteroatoms. The van der Waals surface area contributed by atoms with Gasteiger partial charge in [-0.3, -0.25) is 4.79 Å². The van der Waals surface area contributed by atoms with Crippen molar-refractivity contribution >= 4 is 18.0 Å². The molecule has 2 atom stereocenters. The number of hydrogen-bond donors (Lipinski definition) is 2. The molecule has 0 spiro atoms. The molecule has 1 aliphatic heterocycles. The smallest absolute Gasteiger partial charge is 0.408 e. The highest BCUT2D eigenvalue weighted by Crippen LogP contribution is 2.21. The molecule has 166 valence electrons. The molecule has 1 aromatic rings. The average molecular weight is 422 g/mol. The molecule has 1 saturated heterocycles. The van der Waals surface area contributed by atoms with Crippen molar-refractivity contribution in [2.75, 3.05) is 26.3 Å². The Morgan fingerprint density at radius 2 is 1.87 bits per heavy atom. The molecular formula is C21H30N2O7. The molecule has 0 aromatic heterocycles. The molecule has 0 aliphatic carbocycles. The summed E-state index contributed by atoms with van der Waals surface area (Å²) < 4.78 is 16.3. The van der Waals surface area contributed by atoms with Crippen LogP contribution < -0.4 is 5.32 Å². The van der Waals surface area contributed by atoms with Crippen molar-refractivity contribution in [3.05, 3.63) is 35.9 Å². The van der Waals surface area contributed by atoms with Gasteiger partial charge in [0.15, 0.2) is 0 Å². The maximum atomic E-state index is 12.4. The molecule has 1 fully saturated rings. The Bertz CT molecular complexity index is 718. The van der Waals surface area contributed by atoms with Crippen LogP contribution in [0.2, 0.25) is 0 Å². The molecular weight excluding hydrogens is 392 g/mol. The van der Waals surface area contributed by atoms with E-state index in [0.29, 0.717) is 19.8 Å². The summed E-state index contributed by atoms with van der Waals surface area (Å²) in [5, 5.41) is 11.8. The van der Waals surface area contributed by atoms with E-state index in [2.05, 4.69) is 5.32 Å². The van der Waals surface area contributed by atoms with Crippen molar-refractivity contribution in [2.45, 2.75) is 51.5 Å². The highest BCUT2D eigenvalue weighted by molar-refractivity contribution is 5.87. The van der Waals surface area contributed by atoms with Gasteiger partial charge in [0, 0.05) is 13.0 Å². The van der Waals surface area contributed by atoms with Crippen LogP contribution in [0.15, 0.2) is 30.3 Å². The number of aliphatic carboxylic acids is 1. The first-order chi connectivity index (χ1) is 14.2. The molecule has 1 aromatic carbocycles. The van der Waals surface area contributed by atoms with E-state index in [1.807, 2.05) is 30.3 Å². The zero-order valence-electron chi connectivity index (χ0n) is 17.6. The van der Waals surface area contributed by atoms with E-state index < -0.39 is 35.7 Å². The Labute approximate surface area is 176 Å². The van der Waals surface area contributed by atoms with E-state index in [9.17, 15) is 19.5 Å². The lowest BCUT2D eigenvalue weighted by Gasteiger charge is -2.23. The number of likely N-dealkylation sites (tertiary alicyclic amines) is 1. The number of rotatable bonds is 9. The van der Waals surface area contributed by atoms with Crippen LogP contribution in [-0.2, 0) is 30.4 Å². The number of carbonyl (C=O) groups excluding carboxylic acids is 2. The van der Waals surface area contributed by atoms with Gasteiger partial charge in [0.25, 0.3) is 0 Å². The summed E-state index contributed by atoms with van der Waals surface area (Å²) in [6, 6.07) is 8.73. The van der Waals surface area contributed by atoms with Crippen LogP contribution in [0.1, 0.15) is 32.8 Å². The first kappa shape index (κ1) is 23.6. The summed E-state index contributed by atoms with van der Waals surface area (Å²) in [6.45, 7) is 6.05. The molecule has 0 unspecified atom stereocenters. The molecule has 0 saturated carbocycles. The molecule has 1 heterocycles. The minimum absolute atomic E-state index is 0.143. The van der Waals surface area contributed by atoms with Crippen molar-refractivity contribution in [3.8, 4) is 0 Å². The largest absolute Gasteiger partial charge is 0.480 e. The first-order valence-corrected chi connectivity index (χ1v) is 9.88. The SMILES string of the molecule is CC(C)(C)OC(=O)NCC(=O)N1C[C@H](OCCOCc2ccccc2)C[C@H]1C(=O)O. The number of nitrogens with zero attached hydrogens (tertiary/aromatic N) is 1. The zero-order chi connectivity index (χ0) is 22.1. The van der Waals surface area contributed by atoms with E-state index in [4.69, 9.17) is 14.2 Å². The van der Waals surface area contributed by atoms with E-state index in [0.717, 1.165) is 5.56 Å². The van der Waals surface area contributed by atoms with Crippen LogP contribution in [-0.4, -0.2) is 72.0 Å². The van der Waals surface area contributed by atoms with Crippen molar-refractivity contribution in [1.82, 2.24) is 10.2 Å². The summed E-state index contributed by atoms with van der Waals surface area (Å²) in [5.41, 5.74) is 0.366. The third kappa shape index (κ3) is 8.00. The van der Waals surface area contributed by atoms with Crippen LogP contribution in [0.25, 0.3) is 0 Å². The topological polar surface area (TPSA) is 114 Å². The minimum Gasteiger partial charge on any atom is -0.480 e. The Balaban J connectivity index is 1.74. The molecule has 30 heavy (non-hydrogen) atoms. The number of carbonyl (C=O) groups is 3. The predicted octanol–water partition coefficient (Wildman–Crippen LogP) is 1.80. The predicted molar refractivity (Wildman–Crippen MR) is 108 cm³/mol. The van der Waals surface area contributed by atoms with Crippen molar-refractivity contribution in [3.63, 3.8) is 0 Å². The van der Waals surface area contributed by atoms with E-state index in [1.165, 1.54) is 4.90 Å². The molecule has 2 N–H and O–H groups in total. The Kier molecular flexibility index (Phi) is 8.61. The van der Waals surface area contributed by atoms with Crippen LogP contribution in [0.5, 0.6) is 0 Å². The number of carboxylic acids is 1. The van der Waals surface area contributed by atoms with Gasteiger partial charge in [-0.05, 0) is 26.3 Å². The van der Waals surface area contributed by atoms with E-state index in [-0.39, 0.29) is 19.5 Å². The maximum absolute atomic E-state index is 12.4. The summed E-state index contributed by atoms with van der Waals surface area (Å²) in [5.74, 6) is -1.60. The summed E-state index contributed by atoms with van der Waals surface area (Å²) in [6.07, 6.45) is -0.950. The number of carboxylic acid groups (broad SMARTS) is 1. The van der Waals surface area contributed by atoms with E-state index in [1.54, 1.807) is 20.8 Å². The number of nitrogens with one attached hydrogen (secondary N) is 1. The van der Waals surface area contributed by atoms with Crippen molar-refractivity contribution < 1.29 is 33.7 Å². The maximum Gasteiger partial charge on any atom is 0.408 e. The highest BCUT2D eigenvalue weighted by atomic mass is 16.6. The lowest BCUT2D eigenvalue weighted by Crippen LogP contribution is -2.46. The van der Waals surface area contributed by atoms with Gasteiger partial charge in [0.2, 0.25) is 5.91 Å². The van der Waals surface area contributed by atoms with Crippen molar-refractivity contribution in [2.24, 2.45) is 0 Å². The van der Waals surface area contributed by atoms with Gasteiger partial charge in [0.05, 0.1) is 25.9 Å². The first-order valence-electron chi connectivity index (χ1n) is 9.88. The third-order valence-electron chi connectivity index (χ3n) is 4.34. The molecule has 0 radical (unpaired) electrons. The summed E-state index contributed by atoms with van der Waals surface area (Å²) >= 11 is 0. The van der Waals surface area contributed by atoms with Gasteiger partial charge in [0.1, 0.15) is 18.2 Å². The average Bonchev–Trinajstić information content (AvgIpc) is 3.10. The zero-order valence-corrected chi connectivity index (χ0v) is 17.6. The molecule has 2 amide bonds. The van der Waals surface area contributed by atoms with Gasteiger partial charge < -0.3 is 29.5 Å². The van der Waals surface area contributed by atoms with Gasteiger partial charge in [-0.2, -0.15) is 0 Å². The standard InChI is InChI=1S/C21H30N2O7/c1-21(2,3)30-20(27)22-12-18(24)23-13-16(11-17(23)19(25)26)29-10-9-28-14-15-7-5-4-6-8-15/h4-8,16-17H,9-14H2,1-3H3,(H,22,27)(H,25,26)/t16-,17+/m1/s1. The number of benzene rings is 1. The number of hydrogen-bond acceptors (Lipinski definition) is 6. The Morgan fingerprint density at radius 3 is 2.50 bits per heavy atom. The molecule has 0 bridgehead atoms. The summed E-state index contributed by atoms with van der Waals surface area (Å²) in [4.78, 5) is 36.9. The second kappa shape index (κ2) is 10.9. The Hall–Kier alpha value is -2.65. The van der Waals surface area contributed by atoms with Gasteiger partial charge in [-0.15, -0.1) is 0 Å². The molecule has 1 aliphatic rings. The third-order valence-corrected chi connectivity index (χ3v) is 4.34. The number of amides is 2. The fourth-order valence-corrected chi connectivity index (χ4v) is 3.03. The highest BCUT2D eigenvalue weighted by Gasteiger charge is 2.40. The van der Waals surface area contributed by atoms with E-state index >= 15 is 0 Å². The minimum atomic E-state index is -1.10. The molecule has 2 rings (SSSR count). The van der Waals surface area contributed by atoms with Crippen LogP contribution in [0, 0.1) is 0 Å². The molecule has 9 nitrogen and oxygen atoms in total. The fraction of sp³-hybridized carbons (Fsp3) is 0.571. The lowest BCUT2D eigenvalue weighted by molar-refractivity contribution is -0.147. The van der Waals surface area contributed by atoms with Crippen LogP contribution >= 0.6 is 0 Å². The van der Waals surface area contributed by atoms with Crippen LogP contribution in [0.4, 0.5) is 4.79 Å². The van der Waals surface area contributed by atoms with Gasteiger partial charge in [-0.1, -0.05) is 30.3 Å². The number of ether oxygens (including phenoxy) is 3. The van der Waals surface area contributed by atoms with Gasteiger partial charge in [-0.25, -0.2) is 9.59 Å². The summed E-state index contributed by atoms with van der Waals surface area (Å²) in [7, 11) is 0. The number of alkyl carbamates (subject to hydrolysis) is 1. The second-order valence-corrected chi connectivity index (χ2v) is 8.02. The fourth-order valence-electron chi connectivity index (χ4n) is 3.03.